The molecule has 0 saturated carbocycles. The van der Waals surface area contributed by atoms with Crippen LogP contribution in [-0.4, -0.2) is 58.4 Å². The molecule has 14 heteroatoms. The van der Waals surface area contributed by atoms with Crippen molar-refractivity contribution >= 4 is 28.7 Å². The number of urea groups is 1. The van der Waals surface area contributed by atoms with Crippen LogP contribution in [0.15, 0.2) is 48.8 Å². The third-order valence-corrected chi connectivity index (χ3v) is 6.51. The number of halogens is 5. The van der Waals surface area contributed by atoms with Gasteiger partial charge in [-0.2, -0.15) is 18.3 Å². The number of hydrogen-bond acceptors (Lipinski definition) is 6. The summed E-state index contributed by atoms with van der Waals surface area (Å²) in [6.45, 7) is 3.74. The molecule has 0 aliphatic carbocycles. The number of aromatic nitrogens is 3. The molecule has 2 amide bonds. The Morgan fingerprint density at radius 1 is 1.00 bits per heavy atom. The molecule has 1 fully saturated rings. The molecule has 5 rings (SSSR count). The highest BCUT2D eigenvalue weighted by molar-refractivity contribution is 6.00. The second-order valence-corrected chi connectivity index (χ2v) is 9.13. The first-order valence-electron chi connectivity index (χ1n) is 12.3. The number of morpholine rings is 1. The second-order valence-electron chi connectivity index (χ2n) is 9.13. The van der Waals surface area contributed by atoms with E-state index in [2.05, 4.69) is 20.3 Å². The van der Waals surface area contributed by atoms with Gasteiger partial charge in [0.2, 0.25) is 0 Å². The van der Waals surface area contributed by atoms with E-state index in [1.54, 1.807) is 4.52 Å². The SMILES string of the molecule is Nc1ncnn2c(CCN3CCOCC3)cc(-c3ccc(NC(=O)Nc4cc(C(F)(F)F)ccc4F)c(F)c3)c12. The number of carbonyl (C=O) groups excluding carboxylic acids is 1. The van der Waals surface area contributed by atoms with Crippen molar-refractivity contribution in [2.24, 2.45) is 0 Å². The van der Waals surface area contributed by atoms with E-state index < -0.39 is 35.1 Å². The molecule has 0 unspecified atom stereocenters. The number of ether oxygens (including phenoxy) is 1. The van der Waals surface area contributed by atoms with Gasteiger partial charge < -0.3 is 21.1 Å². The maximum atomic E-state index is 15.1. The van der Waals surface area contributed by atoms with Gasteiger partial charge in [-0.25, -0.2) is 23.1 Å². The number of hydrogen-bond donors (Lipinski definition) is 3. The summed E-state index contributed by atoms with van der Waals surface area (Å²) in [6, 6.07) is 6.31. The smallest absolute Gasteiger partial charge is 0.382 e. The molecular weight excluding hydrogens is 537 g/mol. The van der Waals surface area contributed by atoms with Crippen LogP contribution in [-0.2, 0) is 17.3 Å². The molecule has 0 spiro atoms. The number of benzene rings is 2. The van der Waals surface area contributed by atoms with Crippen LogP contribution in [0.1, 0.15) is 11.3 Å². The molecule has 210 valence electrons. The van der Waals surface area contributed by atoms with E-state index in [-0.39, 0.29) is 11.5 Å². The Bertz CT molecular complexity index is 1550. The Hall–Kier alpha value is -4.30. The molecule has 9 nitrogen and oxygen atoms in total. The summed E-state index contributed by atoms with van der Waals surface area (Å²) >= 11 is 0. The molecule has 0 bridgehead atoms. The lowest BCUT2D eigenvalue weighted by Gasteiger charge is -2.26. The van der Waals surface area contributed by atoms with E-state index in [0.29, 0.717) is 54.5 Å². The van der Waals surface area contributed by atoms with Gasteiger partial charge in [-0.1, -0.05) is 6.07 Å². The van der Waals surface area contributed by atoms with Gasteiger partial charge in [-0.3, -0.25) is 4.90 Å². The van der Waals surface area contributed by atoms with Crippen LogP contribution in [0.25, 0.3) is 16.6 Å². The van der Waals surface area contributed by atoms with E-state index in [1.807, 2.05) is 11.4 Å². The molecule has 1 aliphatic rings. The first-order chi connectivity index (χ1) is 19.1. The summed E-state index contributed by atoms with van der Waals surface area (Å²) in [5.41, 5.74) is 6.38. The predicted molar refractivity (Wildman–Crippen MR) is 138 cm³/mol. The Morgan fingerprint density at radius 2 is 1.75 bits per heavy atom. The number of nitrogen functional groups attached to an aromatic ring is 1. The maximum Gasteiger partial charge on any atom is 0.416 e. The van der Waals surface area contributed by atoms with Crippen LogP contribution in [0.2, 0.25) is 0 Å². The van der Waals surface area contributed by atoms with Crippen LogP contribution >= 0.6 is 0 Å². The van der Waals surface area contributed by atoms with Crippen molar-refractivity contribution in [1.82, 2.24) is 19.5 Å². The van der Waals surface area contributed by atoms with Crippen LogP contribution in [0.4, 0.5) is 43.9 Å². The Morgan fingerprint density at radius 3 is 2.48 bits per heavy atom. The number of nitrogens with two attached hydrogens (primary N) is 1. The molecule has 1 aliphatic heterocycles. The standard InChI is InChI=1S/C26H24F5N7O2/c27-19-3-2-16(26(29,30)31)12-22(19)36-25(39)35-21-4-1-15(11-20(21)28)18-13-17(5-6-37-7-9-40-10-8-37)38-23(18)24(32)33-14-34-38/h1-4,11-14H,5-10H2,(H2,32,33,34)(H2,35,36,39). The number of carbonyl (C=O) groups is 1. The summed E-state index contributed by atoms with van der Waals surface area (Å²) in [5, 5.41) is 8.49. The molecular formula is C26H24F5N7O2. The Kier molecular flexibility index (Phi) is 7.54. The van der Waals surface area contributed by atoms with Crippen molar-refractivity contribution in [2.45, 2.75) is 12.6 Å². The Balaban J connectivity index is 1.36. The number of nitrogens with one attached hydrogen (secondary N) is 2. The average Bonchev–Trinajstić information content (AvgIpc) is 3.30. The molecule has 0 atom stereocenters. The third kappa shape index (κ3) is 5.82. The largest absolute Gasteiger partial charge is 0.416 e. The van der Waals surface area contributed by atoms with Crippen LogP contribution < -0.4 is 16.4 Å². The van der Waals surface area contributed by atoms with Gasteiger partial charge in [0.05, 0.1) is 30.2 Å². The highest BCUT2D eigenvalue weighted by atomic mass is 19.4. The van der Waals surface area contributed by atoms with Crippen LogP contribution in [0.5, 0.6) is 0 Å². The lowest BCUT2D eigenvalue weighted by atomic mass is 10.1. The van der Waals surface area contributed by atoms with Gasteiger partial charge in [-0.15, -0.1) is 0 Å². The molecule has 40 heavy (non-hydrogen) atoms. The van der Waals surface area contributed by atoms with Gasteiger partial charge in [-0.05, 0) is 42.0 Å². The number of fused-ring (bicyclic) bond motifs is 1. The molecule has 4 aromatic rings. The van der Waals surface area contributed by atoms with E-state index in [1.165, 1.54) is 24.5 Å². The summed E-state index contributed by atoms with van der Waals surface area (Å²) in [7, 11) is 0. The third-order valence-electron chi connectivity index (χ3n) is 6.51. The van der Waals surface area contributed by atoms with Crippen molar-refractivity contribution in [3.8, 4) is 11.1 Å². The normalized spacial score (nSPS) is 14.4. The first kappa shape index (κ1) is 27.3. The lowest BCUT2D eigenvalue weighted by molar-refractivity contribution is -0.137. The highest BCUT2D eigenvalue weighted by Gasteiger charge is 2.31. The monoisotopic (exact) mass is 561 g/mol. The van der Waals surface area contributed by atoms with Crippen LogP contribution in [0.3, 0.4) is 0 Å². The average molecular weight is 562 g/mol. The minimum absolute atomic E-state index is 0.202. The van der Waals surface area contributed by atoms with Crippen molar-refractivity contribution in [3.63, 3.8) is 0 Å². The molecule has 2 aromatic heterocycles. The summed E-state index contributed by atoms with van der Waals surface area (Å²) < 4.78 is 74.9. The van der Waals surface area contributed by atoms with Gasteiger partial charge in [0.15, 0.2) is 5.82 Å². The fourth-order valence-corrected chi connectivity index (χ4v) is 4.49. The Labute approximate surface area is 224 Å². The minimum atomic E-state index is -4.73. The quantitative estimate of drug-likeness (QED) is 0.292. The van der Waals surface area contributed by atoms with Crippen molar-refractivity contribution in [2.75, 3.05) is 49.2 Å². The first-order valence-corrected chi connectivity index (χ1v) is 12.3. The van der Waals surface area contributed by atoms with Crippen molar-refractivity contribution < 1.29 is 31.5 Å². The van der Waals surface area contributed by atoms with Crippen molar-refractivity contribution in [1.29, 1.82) is 0 Å². The van der Waals surface area contributed by atoms with Gasteiger partial charge in [0.1, 0.15) is 23.5 Å². The van der Waals surface area contributed by atoms with E-state index >= 15 is 4.39 Å². The van der Waals surface area contributed by atoms with E-state index in [4.69, 9.17) is 10.5 Å². The molecule has 0 radical (unpaired) electrons. The molecule has 1 saturated heterocycles. The summed E-state index contributed by atoms with van der Waals surface area (Å²) in [4.78, 5) is 18.7. The van der Waals surface area contributed by atoms with Crippen LogP contribution in [0, 0.1) is 11.6 Å². The fourth-order valence-electron chi connectivity index (χ4n) is 4.49. The van der Waals surface area contributed by atoms with Gasteiger partial charge in [0, 0.05) is 37.3 Å². The van der Waals surface area contributed by atoms with E-state index in [0.717, 1.165) is 25.3 Å². The zero-order valence-electron chi connectivity index (χ0n) is 20.9. The summed E-state index contributed by atoms with van der Waals surface area (Å²) in [5.74, 6) is -1.71. The maximum absolute atomic E-state index is 15.1. The lowest BCUT2D eigenvalue weighted by Crippen LogP contribution is -2.37. The zero-order chi connectivity index (χ0) is 28.4. The summed E-state index contributed by atoms with van der Waals surface area (Å²) in [6.07, 6.45) is -2.75. The highest BCUT2D eigenvalue weighted by Crippen LogP contribution is 2.34. The number of nitrogens with zero attached hydrogens (tertiary/aromatic N) is 4. The number of amides is 2. The molecule has 2 aromatic carbocycles. The molecule has 3 heterocycles. The topological polar surface area (TPSA) is 110 Å². The molecule has 4 N–H and O–H groups in total. The fraction of sp³-hybridized carbons (Fsp3) is 0.269. The zero-order valence-corrected chi connectivity index (χ0v) is 20.9. The van der Waals surface area contributed by atoms with E-state index in [9.17, 15) is 22.4 Å². The number of alkyl halides is 3. The van der Waals surface area contributed by atoms with Crippen molar-refractivity contribution in [3.05, 3.63) is 71.7 Å². The number of anilines is 3. The minimum Gasteiger partial charge on any atom is -0.382 e. The number of rotatable bonds is 6. The second kappa shape index (κ2) is 11.1. The van der Waals surface area contributed by atoms with Gasteiger partial charge >= 0.3 is 12.2 Å². The predicted octanol–water partition coefficient (Wildman–Crippen LogP) is 4.79. The van der Waals surface area contributed by atoms with Gasteiger partial charge in [0.25, 0.3) is 0 Å².